The molecule has 2 heterocycles. The minimum atomic E-state index is -0.332. The summed E-state index contributed by atoms with van der Waals surface area (Å²) in [5, 5.41) is 4.04. The number of ether oxygens (including phenoxy) is 2. The average molecular weight is 484 g/mol. The molecule has 1 atom stereocenters. The number of carbonyl (C=O) groups excluding carboxylic acids is 2. The first-order chi connectivity index (χ1) is 17.5. The summed E-state index contributed by atoms with van der Waals surface area (Å²) in [4.78, 5) is 31.6. The SMILES string of the molecule is COc1ccc(CCNC(=O)CN2C(=O)c3ccccc3C2c2c(C)[nH]c3ccccc23)cc1OC. The van der Waals surface area contributed by atoms with Gasteiger partial charge in [-0.25, -0.2) is 0 Å². The van der Waals surface area contributed by atoms with Crippen LogP contribution in [0.15, 0.2) is 66.7 Å². The lowest BCUT2D eigenvalue weighted by Crippen LogP contribution is -2.40. The van der Waals surface area contributed by atoms with Crippen molar-refractivity contribution in [3.63, 3.8) is 0 Å². The number of aromatic nitrogens is 1. The molecule has 0 radical (unpaired) electrons. The normalized spacial score (nSPS) is 14.7. The highest BCUT2D eigenvalue weighted by Gasteiger charge is 2.40. The molecule has 1 unspecified atom stereocenters. The van der Waals surface area contributed by atoms with Gasteiger partial charge in [-0.15, -0.1) is 0 Å². The van der Waals surface area contributed by atoms with Gasteiger partial charge in [0.1, 0.15) is 6.54 Å². The standard InChI is InChI=1S/C29H29N3O4/c1-18-27(22-10-6-7-11-23(22)31-18)28-20-8-4-5-9-21(20)29(34)32(28)17-26(33)30-15-14-19-12-13-24(35-2)25(16-19)36-3/h4-13,16,28,31H,14-15,17H2,1-3H3,(H,30,33). The summed E-state index contributed by atoms with van der Waals surface area (Å²) in [6.45, 7) is 2.44. The van der Waals surface area contributed by atoms with Crippen molar-refractivity contribution in [1.29, 1.82) is 0 Å². The highest BCUT2D eigenvalue weighted by Crippen LogP contribution is 2.42. The summed E-state index contributed by atoms with van der Waals surface area (Å²) in [5.41, 5.74) is 5.62. The zero-order valence-electron chi connectivity index (χ0n) is 20.6. The van der Waals surface area contributed by atoms with Gasteiger partial charge in [0.05, 0.1) is 20.3 Å². The summed E-state index contributed by atoms with van der Waals surface area (Å²) < 4.78 is 10.7. The van der Waals surface area contributed by atoms with E-state index in [1.54, 1.807) is 19.1 Å². The summed E-state index contributed by atoms with van der Waals surface area (Å²) in [6.07, 6.45) is 0.630. The first-order valence-electron chi connectivity index (χ1n) is 12.0. The molecule has 2 amide bonds. The van der Waals surface area contributed by atoms with Gasteiger partial charge in [0.25, 0.3) is 5.91 Å². The van der Waals surface area contributed by atoms with E-state index in [-0.39, 0.29) is 24.4 Å². The van der Waals surface area contributed by atoms with Crippen LogP contribution in [0.4, 0.5) is 0 Å². The lowest BCUT2D eigenvalue weighted by atomic mass is 9.95. The first kappa shape index (κ1) is 23.5. The zero-order chi connectivity index (χ0) is 25.2. The Morgan fingerprint density at radius 1 is 1.00 bits per heavy atom. The number of para-hydroxylation sites is 1. The van der Waals surface area contributed by atoms with Crippen molar-refractivity contribution in [3.8, 4) is 11.5 Å². The third-order valence-electron chi connectivity index (χ3n) is 6.77. The number of benzene rings is 3. The third kappa shape index (κ3) is 4.17. The number of fused-ring (bicyclic) bond motifs is 2. The molecule has 0 saturated carbocycles. The fourth-order valence-electron chi connectivity index (χ4n) is 5.09. The fourth-order valence-corrected chi connectivity index (χ4v) is 5.09. The van der Waals surface area contributed by atoms with Crippen LogP contribution in [0.25, 0.3) is 10.9 Å². The predicted molar refractivity (Wildman–Crippen MR) is 139 cm³/mol. The Morgan fingerprint density at radius 3 is 2.56 bits per heavy atom. The molecule has 1 aliphatic rings. The van der Waals surface area contributed by atoms with E-state index in [2.05, 4.69) is 16.4 Å². The lowest BCUT2D eigenvalue weighted by Gasteiger charge is -2.25. The van der Waals surface area contributed by atoms with Crippen molar-refractivity contribution in [2.45, 2.75) is 19.4 Å². The topological polar surface area (TPSA) is 83.7 Å². The quantitative estimate of drug-likeness (QED) is 0.389. The van der Waals surface area contributed by atoms with Crippen molar-refractivity contribution in [1.82, 2.24) is 15.2 Å². The Bertz CT molecular complexity index is 1440. The van der Waals surface area contributed by atoms with Gasteiger partial charge in [0, 0.05) is 34.3 Å². The predicted octanol–water partition coefficient (Wildman–Crippen LogP) is 4.40. The Balaban J connectivity index is 1.35. The van der Waals surface area contributed by atoms with E-state index in [0.717, 1.165) is 33.3 Å². The number of nitrogens with one attached hydrogen (secondary N) is 2. The maximum atomic E-state index is 13.4. The van der Waals surface area contributed by atoms with Crippen LogP contribution in [0.2, 0.25) is 0 Å². The number of H-pyrrole nitrogens is 1. The molecule has 3 aromatic carbocycles. The number of aryl methyl sites for hydroxylation is 1. The highest BCUT2D eigenvalue weighted by molar-refractivity contribution is 6.02. The van der Waals surface area contributed by atoms with Crippen LogP contribution in [-0.2, 0) is 11.2 Å². The highest BCUT2D eigenvalue weighted by atomic mass is 16.5. The van der Waals surface area contributed by atoms with Crippen LogP contribution in [-0.4, -0.2) is 49.0 Å². The van der Waals surface area contributed by atoms with E-state index in [9.17, 15) is 9.59 Å². The van der Waals surface area contributed by atoms with Crippen molar-refractivity contribution in [2.24, 2.45) is 0 Å². The largest absolute Gasteiger partial charge is 0.493 e. The second kappa shape index (κ2) is 9.77. The van der Waals surface area contributed by atoms with Gasteiger partial charge < -0.3 is 24.7 Å². The van der Waals surface area contributed by atoms with Crippen LogP contribution < -0.4 is 14.8 Å². The molecule has 36 heavy (non-hydrogen) atoms. The Labute approximate surface area is 210 Å². The van der Waals surface area contributed by atoms with Gasteiger partial charge in [-0.2, -0.15) is 0 Å². The van der Waals surface area contributed by atoms with E-state index >= 15 is 0 Å². The number of hydrogen-bond donors (Lipinski definition) is 2. The maximum Gasteiger partial charge on any atom is 0.255 e. The molecule has 2 N–H and O–H groups in total. The number of amides is 2. The molecule has 7 nitrogen and oxygen atoms in total. The maximum absolute atomic E-state index is 13.4. The first-order valence-corrected chi connectivity index (χ1v) is 12.0. The van der Waals surface area contributed by atoms with Gasteiger partial charge in [-0.05, 0) is 48.7 Å². The van der Waals surface area contributed by atoms with Gasteiger partial charge in [0.2, 0.25) is 5.91 Å². The molecule has 5 rings (SSSR count). The lowest BCUT2D eigenvalue weighted by molar-refractivity contribution is -0.122. The number of carbonyl (C=O) groups is 2. The fraction of sp³-hybridized carbons (Fsp3) is 0.241. The van der Waals surface area contributed by atoms with Crippen molar-refractivity contribution in [2.75, 3.05) is 27.3 Å². The molecule has 0 spiro atoms. The van der Waals surface area contributed by atoms with Gasteiger partial charge >= 0.3 is 0 Å². The summed E-state index contributed by atoms with van der Waals surface area (Å²) >= 11 is 0. The smallest absolute Gasteiger partial charge is 0.255 e. The molecule has 184 valence electrons. The van der Waals surface area contributed by atoms with Crippen LogP contribution in [0.3, 0.4) is 0 Å². The summed E-state index contributed by atoms with van der Waals surface area (Å²) in [5.74, 6) is 0.990. The van der Waals surface area contributed by atoms with Crippen LogP contribution >= 0.6 is 0 Å². The minimum absolute atomic E-state index is 0.0247. The number of aromatic amines is 1. The van der Waals surface area contributed by atoms with E-state index in [4.69, 9.17) is 9.47 Å². The molecule has 0 aliphatic carbocycles. The number of hydrogen-bond acceptors (Lipinski definition) is 4. The van der Waals surface area contributed by atoms with Crippen molar-refractivity contribution >= 4 is 22.7 Å². The second-order valence-corrected chi connectivity index (χ2v) is 8.92. The Morgan fingerprint density at radius 2 is 1.75 bits per heavy atom. The molecule has 4 aromatic rings. The molecule has 1 aliphatic heterocycles. The molecule has 0 saturated heterocycles. The zero-order valence-corrected chi connectivity index (χ0v) is 20.6. The van der Waals surface area contributed by atoms with E-state index < -0.39 is 0 Å². The average Bonchev–Trinajstić information content (AvgIpc) is 3.36. The van der Waals surface area contributed by atoms with Gasteiger partial charge in [-0.1, -0.05) is 42.5 Å². The van der Waals surface area contributed by atoms with E-state index in [1.807, 2.05) is 67.6 Å². The number of methoxy groups -OCH3 is 2. The van der Waals surface area contributed by atoms with Crippen molar-refractivity contribution < 1.29 is 19.1 Å². The van der Waals surface area contributed by atoms with E-state index in [0.29, 0.717) is 30.0 Å². The van der Waals surface area contributed by atoms with Crippen LogP contribution in [0.5, 0.6) is 11.5 Å². The Hall–Kier alpha value is -4.26. The molecule has 0 bridgehead atoms. The van der Waals surface area contributed by atoms with E-state index in [1.165, 1.54) is 0 Å². The third-order valence-corrected chi connectivity index (χ3v) is 6.77. The molecule has 1 aromatic heterocycles. The second-order valence-electron chi connectivity index (χ2n) is 8.92. The molecule has 0 fully saturated rings. The van der Waals surface area contributed by atoms with Crippen LogP contribution in [0, 0.1) is 6.92 Å². The summed E-state index contributed by atoms with van der Waals surface area (Å²) in [7, 11) is 3.20. The monoisotopic (exact) mass is 483 g/mol. The summed E-state index contributed by atoms with van der Waals surface area (Å²) in [6, 6.07) is 21.1. The molecular formula is C29H29N3O4. The van der Waals surface area contributed by atoms with Gasteiger partial charge in [0.15, 0.2) is 11.5 Å². The van der Waals surface area contributed by atoms with Gasteiger partial charge in [-0.3, -0.25) is 9.59 Å². The molecule has 7 heteroatoms. The van der Waals surface area contributed by atoms with Crippen LogP contribution in [0.1, 0.15) is 38.8 Å². The number of rotatable bonds is 8. The Kier molecular flexibility index (Phi) is 6.38. The molecular weight excluding hydrogens is 454 g/mol. The van der Waals surface area contributed by atoms with Crippen molar-refractivity contribution in [3.05, 3.63) is 94.7 Å². The number of nitrogens with zero attached hydrogens (tertiary/aromatic N) is 1. The minimum Gasteiger partial charge on any atom is -0.493 e.